The van der Waals surface area contributed by atoms with Crippen molar-refractivity contribution in [3.8, 4) is 5.88 Å². The predicted octanol–water partition coefficient (Wildman–Crippen LogP) is 1.12. The van der Waals surface area contributed by atoms with Crippen molar-refractivity contribution in [2.45, 2.75) is 4.90 Å². The zero-order chi connectivity index (χ0) is 14.8. The molecule has 0 saturated carbocycles. The molecule has 1 heterocycles. The Morgan fingerprint density at radius 2 is 1.70 bits per heavy atom. The van der Waals surface area contributed by atoms with Crippen molar-refractivity contribution in [1.82, 2.24) is 9.97 Å². The Morgan fingerprint density at radius 3 is 2.25 bits per heavy atom. The number of hydrogen-bond acceptors (Lipinski definition) is 6. The number of ether oxygens (including phenoxy) is 1. The van der Waals surface area contributed by atoms with Gasteiger partial charge in [-0.25, -0.2) is 18.4 Å². The Morgan fingerprint density at radius 1 is 1.10 bits per heavy atom. The summed E-state index contributed by atoms with van der Waals surface area (Å²) in [5.41, 5.74) is 0.401. The smallest absolute Gasteiger partial charge is 0.243 e. The number of ketones is 1. The van der Waals surface area contributed by atoms with Crippen LogP contribution in [0.2, 0.25) is 0 Å². The molecular formula is C13H12N2O4S. The lowest BCUT2D eigenvalue weighted by Crippen LogP contribution is -2.08. The molecule has 104 valence electrons. The van der Waals surface area contributed by atoms with E-state index in [1.165, 1.54) is 43.8 Å². The molecule has 0 radical (unpaired) electrons. The molecule has 6 nitrogen and oxygen atoms in total. The normalized spacial score (nSPS) is 11.1. The van der Waals surface area contributed by atoms with Crippen LogP contribution in [0, 0.1) is 0 Å². The standard InChI is InChI=1S/C13H12N2O4S/c1-19-13-11(14-7-8-15-13)12(16)9-3-5-10(6-4-9)20(2,17)18/h3-8H,1-2H3. The third-order valence-electron chi connectivity index (χ3n) is 2.62. The van der Waals surface area contributed by atoms with Crippen molar-refractivity contribution in [1.29, 1.82) is 0 Å². The van der Waals surface area contributed by atoms with Crippen LogP contribution in [0.15, 0.2) is 41.6 Å². The third kappa shape index (κ3) is 2.83. The quantitative estimate of drug-likeness (QED) is 0.785. The van der Waals surface area contributed by atoms with Crippen LogP contribution in [0.5, 0.6) is 5.88 Å². The second-order valence-electron chi connectivity index (χ2n) is 4.04. The van der Waals surface area contributed by atoms with Crippen molar-refractivity contribution in [2.75, 3.05) is 13.4 Å². The largest absolute Gasteiger partial charge is 0.479 e. The van der Waals surface area contributed by atoms with Crippen molar-refractivity contribution >= 4 is 15.6 Å². The van der Waals surface area contributed by atoms with Crippen LogP contribution in [-0.2, 0) is 9.84 Å². The van der Waals surface area contributed by atoms with Gasteiger partial charge in [-0.3, -0.25) is 4.79 Å². The summed E-state index contributed by atoms with van der Waals surface area (Å²) < 4.78 is 27.7. The Bertz CT molecular complexity index is 739. The molecule has 0 aliphatic rings. The molecular weight excluding hydrogens is 280 g/mol. The molecule has 0 spiro atoms. The summed E-state index contributed by atoms with van der Waals surface area (Å²) in [6.07, 6.45) is 3.92. The summed E-state index contributed by atoms with van der Waals surface area (Å²) in [6, 6.07) is 5.64. The van der Waals surface area contributed by atoms with E-state index in [0.29, 0.717) is 5.56 Å². The fourth-order valence-corrected chi connectivity index (χ4v) is 2.25. The topological polar surface area (TPSA) is 86.2 Å². The highest BCUT2D eigenvalue weighted by Crippen LogP contribution is 2.17. The van der Waals surface area contributed by atoms with E-state index in [4.69, 9.17) is 4.74 Å². The van der Waals surface area contributed by atoms with Gasteiger partial charge in [0, 0.05) is 24.2 Å². The Hall–Kier alpha value is -2.28. The molecule has 0 fully saturated rings. The van der Waals surface area contributed by atoms with E-state index in [9.17, 15) is 13.2 Å². The maximum Gasteiger partial charge on any atom is 0.243 e. The first-order chi connectivity index (χ1) is 9.43. The van der Waals surface area contributed by atoms with Gasteiger partial charge in [0.1, 0.15) is 0 Å². The molecule has 0 bridgehead atoms. The SMILES string of the molecule is COc1nccnc1C(=O)c1ccc(S(C)(=O)=O)cc1. The lowest BCUT2D eigenvalue weighted by atomic mass is 10.1. The Kier molecular flexibility index (Phi) is 3.80. The lowest BCUT2D eigenvalue weighted by Gasteiger charge is -2.05. The number of carbonyl (C=O) groups is 1. The van der Waals surface area contributed by atoms with E-state index >= 15 is 0 Å². The van der Waals surface area contributed by atoms with Gasteiger partial charge in [0.15, 0.2) is 15.5 Å². The Balaban J connectivity index is 2.39. The summed E-state index contributed by atoms with van der Waals surface area (Å²) in [7, 11) is -1.89. The molecule has 1 aromatic heterocycles. The van der Waals surface area contributed by atoms with Crippen LogP contribution in [0.25, 0.3) is 0 Å². The molecule has 2 aromatic rings. The summed E-state index contributed by atoms with van der Waals surface area (Å²) in [5.74, 6) is -0.250. The zero-order valence-corrected chi connectivity index (χ0v) is 11.7. The fraction of sp³-hybridized carbons (Fsp3) is 0.154. The summed E-state index contributed by atoms with van der Waals surface area (Å²) in [6.45, 7) is 0. The first-order valence-corrected chi connectivity index (χ1v) is 7.52. The van der Waals surface area contributed by atoms with Crippen LogP contribution >= 0.6 is 0 Å². The number of benzene rings is 1. The van der Waals surface area contributed by atoms with Gasteiger partial charge in [-0.1, -0.05) is 0 Å². The number of methoxy groups -OCH3 is 1. The molecule has 7 heteroatoms. The molecule has 0 saturated heterocycles. The number of hydrogen-bond donors (Lipinski definition) is 0. The minimum Gasteiger partial charge on any atom is -0.479 e. The summed E-state index contributed by atoms with van der Waals surface area (Å²) in [4.78, 5) is 20.2. The minimum absolute atomic E-state index is 0.0853. The number of rotatable bonds is 4. The van der Waals surface area contributed by atoms with E-state index in [1.54, 1.807) is 0 Å². The highest BCUT2D eigenvalue weighted by Gasteiger charge is 2.17. The number of sulfone groups is 1. The fourth-order valence-electron chi connectivity index (χ4n) is 1.62. The monoisotopic (exact) mass is 292 g/mol. The van der Waals surface area contributed by atoms with Crippen molar-refractivity contribution < 1.29 is 17.9 Å². The van der Waals surface area contributed by atoms with Crippen LogP contribution < -0.4 is 4.74 Å². The van der Waals surface area contributed by atoms with Gasteiger partial charge in [0.25, 0.3) is 0 Å². The molecule has 0 unspecified atom stereocenters. The highest BCUT2D eigenvalue weighted by molar-refractivity contribution is 7.90. The van der Waals surface area contributed by atoms with Crippen LogP contribution in [0.1, 0.15) is 16.1 Å². The zero-order valence-electron chi connectivity index (χ0n) is 10.9. The number of aromatic nitrogens is 2. The average molecular weight is 292 g/mol. The Labute approximate surface area is 116 Å². The molecule has 0 atom stereocenters. The summed E-state index contributed by atoms with van der Waals surface area (Å²) >= 11 is 0. The van der Waals surface area contributed by atoms with Gasteiger partial charge in [-0.15, -0.1) is 0 Å². The average Bonchev–Trinajstić information content (AvgIpc) is 2.45. The van der Waals surface area contributed by atoms with Crippen molar-refractivity contribution in [2.24, 2.45) is 0 Å². The third-order valence-corrected chi connectivity index (χ3v) is 3.75. The lowest BCUT2D eigenvalue weighted by molar-refractivity contribution is 0.103. The molecule has 0 N–H and O–H groups in total. The van der Waals surface area contributed by atoms with E-state index in [-0.39, 0.29) is 22.3 Å². The molecule has 0 amide bonds. The maximum atomic E-state index is 12.3. The predicted molar refractivity (Wildman–Crippen MR) is 71.6 cm³/mol. The molecule has 1 aromatic carbocycles. The molecule has 0 aliphatic heterocycles. The van der Waals surface area contributed by atoms with Gasteiger partial charge in [-0.2, -0.15) is 0 Å². The van der Waals surface area contributed by atoms with E-state index < -0.39 is 9.84 Å². The second-order valence-corrected chi connectivity index (χ2v) is 6.06. The molecule has 20 heavy (non-hydrogen) atoms. The van der Waals surface area contributed by atoms with Crippen LogP contribution in [0.4, 0.5) is 0 Å². The van der Waals surface area contributed by atoms with Gasteiger partial charge in [0.2, 0.25) is 11.7 Å². The van der Waals surface area contributed by atoms with Crippen molar-refractivity contribution in [3.63, 3.8) is 0 Å². The second kappa shape index (κ2) is 5.38. The molecule has 2 rings (SSSR count). The minimum atomic E-state index is -3.29. The van der Waals surface area contributed by atoms with Gasteiger partial charge >= 0.3 is 0 Å². The summed E-state index contributed by atoms with van der Waals surface area (Å²) in [5, 5.41) is 0. The molecule has 0 aliphatic carbocycles. The van der Waals surface area contributed by atoms with Gasteiger partial charge < -0.3 is 4.74 Å². The van der Waals surface area contributed by atoms with E-state index in [0.717, 1.165) is 6.26 Å². The van der Waals surface area contributed by atoms with E-state index in [1.807, 2.05) is 0 Å². The first kappa shape index (κ1) is 14.1. The maximum absolute atomic E-state index is 12.3. The van der Waals surface area contributed by atoms with Crippen LogP contribution in [0.3, 0.4) is 0 Å². The van der Waals surface area contributed by atoms with Crippen molar-refractivity contribution in [3.05, 3.63) is 47.9 Å². The number of carbonyl (C=O) groups excluding carboxylic acids is 1. The van der Waals surface area contributed by atoms with E-state index in [2.05, 4.69) is 9.97 Å². The van der Waals surface area contributed by atoms with Gasteiger partial charge in [-0.05, 0) is 24.3 Å². The van der Waals surface area contributed by atoms with Crippen LogP contribution in [-0.4, -0.2) is 37.5 Å². The number of nitrogens with zero attached hydrogens (tertiary/aromatic N) is 2. The van der Waals surface area contributed by atoms with Gasteiger partial charge in [0.05, 0.1) is 12.0 Å². The highest BCUT2D eigenvalue weighted by atomic mass is 32.2. The first-order valence-electron chi connectivity index (χ1n) is 5.63.